The Balaban J connectivity index is 0.00000225. The van der Waals surface area contributed by atoms with Crippen LogP contribution >= 0.6 is 24.0 Å². The van der Waals surface area contributed by atoms with Crippen molar-refractivity contribution in [1.29, 1.82) is 0 Å². The number of aliphatic imine (C=N–C) groups is 1. The Morgan fingerprint density at radius 2 is 2.12 bits per heavy atom. The predicted molar refractivity (Wildman–Crippen MR) is 109 cm³/mol. The van der Waals surface area contributed by atoms with Gasteiger partial charge in [0.15, 0.2) is 5.96 Å². The van der Waals surface area contributed by atoms with Gasteiger partial charge in [-0.15, -0.1) is 24.0 Å². The fraction of sp³-hybridized carbons (Fsp3) is 0.444. The Morgan fingerprint density at radius 1 is 1.32 bits per heavy atom. The summed E-state index contributed by atoms with van der Waals surface area (Å²) in [5.74, 6) is 0.656. The van der Waals surface area contributed by atoms with Gasteiger partial charge in [0.2, 0.25) is 0 Å². The summed E-state index contributed by atoms with van der Waals surface area (Å²) in [6.07, 6.45) is 8.56. The second-order valence-corrected chi connectivity index (χ2v) is 6.27. The Bertz CT molecular complexity index is 683. The molecule has 1 saturated carbocycles. The SMILES string of the molecule is CN=C(NCCCn1ccnc1)NCC1(c2ccccc2F)CC1.I. The van der Waals surface area contributed by atoms with E-state index >= 15 is 0 Å². The van der Waals surface area contributed by atoms with Crippen LogP contribution in [0.15, 0.2) is 48.0 Å². The van der Waals surface area contributed by atoms with Gasteiger partial charge < -0.3 is 15.2 Å². The van der Waals surface area contributed by atoms with Crippen molar-refractivity contribution in [3.05, 3.63) is 54.4 Å². The third-order valence-electron chi connectivity index (χ3n) is 4.56. The van der Waals surface area contributed by atoms with E-state index in [2.05, 4.69) is 25.2 Å². The highest BCUT2D eigenvalue weighted by molar-refractivity contribution is 14.0. The van der Waals surface area contributed by atoms with Gasteiger partial charge >= 0.3 is 0 Å². The monoisotopic (exact) mass is 457 g/mol. The topological polar surface area (TPSA) is 54.2 Å². The molecule has 1 aliphatic carbocycles. The average molecular weight is 457 g/mol. The molecule has 136 valence electrons. The maximum Gasteiger partial charge on any atom is 0.191 e. The van der Waals surface area contributed by atoms with Crippen LogP contribution in [-0.2, 0) is 12.0 Å². The largest absolute Gasteiger partial charge is 0.356 e. The first kappa shape index (κ1) is 19.7. The number of imidazole rings is 1. The molecule has 0 unspecified atom stereocenters. The molecule has 3 rings (SSSR count). The molecule has 1 fully saturated rings. The van der Waals surface area contributed by atoms with Crippen molar-refractivity contribution >= 4 is 29.9 Å². The summed E-state index contributed by atoms with van der Waals surface area (Å²) in [7, 11) is 1.76. The van der Waals surface area contributed by atoms with E-state index in [1.807, 2.05) is 24.7 Å². The van der Waals surface area contributed by atoms with Crippen molar-refractivity contribution in [2.75, 3.05) is 20.1 Å². The summed E-state index contributed by atoms with van der Waals surface area (Å²) < 4.78 is 16.1. The molecule has 0 spiro atoms. The molecular formula is C18H25FIN5. The Morgan fingerprint density at radius 3 is 2.76 bits per heavy atom. The second-order valence-electron chi connectivity index (χ2n) is 6.27. The van der Waals surface area contributed by atoms with Crippen LogP contribution in [0, 0.1) is 5.82 Å². The van der Waals surface area contributed by atoms with Crippen LogP contribution in [0.4, 0.5) is 4.39 Å². The summed E-state index contributed by atoms with van der Waals surface area (Å²) >= 11 is 0. The number of nitrogens with one attached hydrogen (secondary N) is 2. The molecular weight excluding hydrogens is 432 g/mol. The number of rotatable bonds is 7. The molecule has 0 bridgehead atoms. The first-order valence-corrected chi connectivity index (χ1v) is 8.39. The maximum absolute atomic E-state index is 14.0. The fourth-order valence-corrected chi connectivity index (χ4v) is 2.94. The number of hydrogen-bond donors (Lipinski definition) is 2. The van der Waals surface area contributed by atoms with E-state index in [1.165, 1.54) is 0 Å². The molecule has 0 atom stereocenters. The lowest BCUT2D eigenvalue weighted by Crippen LogP contribution is -2.41. The van der Waals surface area contributed by atoms with Crippen molar-refractivity contribution < 1.29 is 4.39 Å². The van der Waals surface area contributed by atoms with E-state index < -0.39 is 0 Å². The average Bonchev–Trinajstić information content (AvgIpc) is 3.20. The maximum atomic E-state index is 14.0. The van der Waals surface area contributed by atoms with Gasteiger partial charge in [-0.2, -0.15) is 0 Å². The zero-order valence-corrected chi connectivity index (χ0v) is 16.7. The highest BCUT2D eigenvalue weighted by Gasteiger charge is 2.45. The minimum atomic E-state index is -0.111. The molecule has 0 amide bonds. The minimum Gasteiger partial charge on any atom is -0.356 e. The summed E-state index contributed by atoms with van der Waals surface area (Å²) in [4.78, 5) is 8.28. The highest BCUT2D eigenvalue weighted by Crippen LogP contribution is 2.48. The third kappa shape index (κ3) is 5.17. The molecule has 0 radical (unpaired) electrons. The highest BCUT2D eigenvalue weighted by atomic mass is 127. The van der Waals surface area contributed by atoms with Crippen molar-refractivity contribution in [2.45, 2.75) is 31.2 Å². The number of hydrogen-bond acceptors (Lipinski definition) is 2. The van der Waals surface area contributed by atoms with Crippen molar-refractivity contribution in [1.82, 2.24) is 20.2 Å². The molecule has 2 aromatic rings. The smallest absolute Gasteiger partial charge is 0.191 e. The molecule has 1 aliphatic rings. The number of halogens is 2. The van der Waals surface area contributed by atoms with Crippen LogP contribution in [0.5, 0.6) is 0 Å². The van der Waals surface area contributed by atoms with Gasteiger partial charge in [0.05, 0.1) is 6.33 Å². The standard InChI is InChI=1S/C18H24FN5.HI/c1-20-17(22-9-4-11-24-12-10-21-14-24)23-13-18(7-8-18)15-5-2-3-6-16(15)19;/h2-3,5-6,10,12,14H,4,7-9,11,13H2,1H3,(H2,20,22,23);1H. The minimum absolute atomic E-state index is 0. The molecule has 1 heterocycles. The fourth-order valence-electron chi connectivity index (χ4n) is 2.94. The normalized spacial score (nSPS) is 15.4. The van der Waals surface area contributed by atoms with Crippen LogP contribution in [0.2, 0.25) is 0 Å². The molecule has 0 aliphatic heterocycles. The van der Waals surface area contributed by atoms with Gasteiger partial charge in [-0.05, 0) is 30.9 Å². The van der Waals surface area contributed by atoms with E-state index in [-0.39, 0.29) is 35.2 Å². The number of nitrogens with zero attached hydrogens (tertiary/aromatic N) is 3. The zero-order valence-electron chi connectivity index (χ0n) is 14.4. The lowest BCUT2D eigenvalue weighted by molar-refractivity contribution is 0.558. The van der Waals surface area contributed by atoms with E-state index in [4.69, 9.17) is 0 Å². The van der Waals surface area contributed by atoms with E-state index in [9.17, 15) is 4.39 Å². The quantitative estimate of drug-likeness (QED) is 0.291. The van der Waals surface area contributed by atoms with Crippen LogP contribution in [0.25, 0.3) is 0 Å². The van der Waals surface area contributed by atoms with Crippen LogP contribution in [0.1, 0.15) is 24.8 Å². The molecule has 1 aromatic carbocycles. The number of guanidine groups is 1. The van der Waals surface area contributed by atoms with Crippen molar-refractivity contribution in [3.8, 4) is 0 Å². The third-order valence-corrected chi connectivity index (χ3v) is 4.56. The van der Waals surface area contributed by atoms with Crippen molar-refractivity contribution in [3.63, 3.8) is 0 Å². The molecule has 2 N–H and O–H groups in total. The van der Waals surface area contributed by atoms with E-state index in [0.29, 0.717) is 6.54 Å². The Hall–Kier alpha value is -1.64. The first-order chi connectivity index (χ1) is 11.7. The van der Waals surface area contributed by atoms with Crippen LogP contribution < -0.4 is 10.6 Å². The van der Waals surface area contributed by atoms with E-state index in [0.717, 1.165) is 43.9 Å². The Labute approximate surface area is 165 Å². The molecule has 0 saturated heterocycles. The number of aromatic nitrogens is 2. The van der Waals surface area contributed by atoms with E-state index in [1.54, 1.807) is 25.4 Å². The van der Waals surface area contributed by atoms with Gasteiger partial charge in [-0.25, -0.2) is 9.37 Å². The lowest BCUT2D eigenvalue weighted by Gasteiger charge is -2.19. The van der Waals surface area contributed by atoms with Gasteiger partial charge in [0, 0.05) is 44.5 Å². The van der Waals surface area contributed by atoms with Crippen LogP contribution in [0.3, 0.4) is 0 Å². The predicted octanol–water partition coefficient (Wildman–Crippen LogP) is 2.93. The summed E-state index contributed by atoms with van der Waals surface area (Å²) in [6, 6.07) is 7.08. The first-order valence-electron chi connectivity index (χ1n) is 8.39. The Kier molecular flexibility index (Phi) is 7.22. The zero-order chi connectivity index (χ0) is 16.8. The second kappa shape index (κ2) is 9.17. The molecule has 7 heteroatoms. The number of aryl methyl sites for hydroxylation is 1. The molecule has 25 heavy (non-hydrogen) atoms. The van der Waals surface area contributed by atoms with Crippen molar-refractivity contribution in [2.24, 2.45) is 4.99 Å². The van der Waals surface area contributed by atoms with Gasteiger partial charge in [-0.1, -0.05) is 18.2 Å². The van der Waals surface area contributed by atoms with Gasteiger partial charge in [0.1, 0.15) is 5.82 Å². The molecule has 5 nitrogen and oxygen atoms in total. The summed E-state index contributed by atoms with van der Waals surface area (Å²) in [5.41, 5.74) is 0.729. The van der Waals surface area contributed by atoms with Gasteiger partial charge in [0.25, 0.3) is 0 Å². The summed E-state index contributed by atoms with van der Waals surface area (Å²) in [6.45, 7) is 2.45. The lowest BCUT2D eigenvalue weighted by atomic mass is 9.95. The molecule has 1 aromatic heterocycles. The van der Waals surface area contributed by atoms with Crippen LogP contribution in [-0.4, -0.2) is 35.6 Å². The van der Waals surface area contributed by atoms with Gasteiger partial charge in [-0.3, -0.25) is 4.99 Å². The number of benzene rings is 1. The summed E-state index contributed by atoms with van der Waals surface area (Å²) in [5, 5.41) is 6.65.